The number of nitrogens with one attached hydrogen (secondary N) is 2. The van der Waals surface area contributed by atoms with Crippen LogP contribution >= 0.6 is 0 Å². The molecule has 0 spiro atoms. The molecule has 0 saturated heterocycles. The minimum atomic E-state index is 0.266. The molecule has 0 heterocycles. The first kappa shape index (κ1) is 7.45. The highest BCUT2D eigenvalue weighted by Crippen LogP contribution is 2.31. The molecule has 0 aromatic carbocycles. The molecule has 1 saturated carbocycles. The van der Waals surface area contributed by atoms with Crippen molar-refractivity contribution in [3.63, 3.8) is 0 Å². The molecule has 1 aliphatic rings. The summed E-state index contributed by atoms with van der Waals surface area (Å²) in [6.45, 7) is 4.32. The molecule has 1 aliphatic carbocycles. The third-order valence-corrected chi connectivity index (χ3v) is 2.07. The Labute approximate surface area is 61.7 Å². The Morgan fingerprint density at radius 3 is 2.20 bits per heavy atom. The van der Waals surface area contributed by atoms with Crippen molar-refractivity contribution in [2.24, 2.45) is 5.41 Å². The van der Waals surface area contributed by atoms with E-state index in [1.807, 2.05) is 0 Å². The molecule has 10 heavy (non-hydrogen) atoms. The maximum Gasteiger partial charge on any atom is 0.0526 e. The van der Waals surface area contributed by atoms with Gasteiger partial charge in [0.2, 0.25) is 0 Å². The predicted octanol–water partition coefficient (Wildman–Crippen LogP) is 2.24. The fourth-order valence-corrected chi connectivity index (χ4v) is 1.29. The summed E-state index contributed by atoms with van der Waals surface area (Å²) in [5.41, 5.74) is 1.34. The molecule has 0 atom stereocenters. The van der Waals surface area contributed by atoms with E-state index in [1.165, 1.54) is 0 Å². The predicted molar refractivity (Wildman–Crippen MR) is 43.1 cm³/mol. The highest BCUT2D eigenvalue weighted by molar-refractivity contribution is 6.40. The topological polar surface area (TPSA) is 47.7 Å². The van der Waals surface area contributed by atoms with Gasteiger partial charge in [0, 0.05) is 0 Å². The number of hydrogen-bond acceptors (Lipinski definition) is 2. The van der Waals surface area contributed by atoms with Crippen LogP contribution in [0.3, 0.4) is 0 Å². The lowest BCUT2D eigenvalue weighted by Gasteiger charge is -2.29. The lowest BCUT2D eigenvalue weighted by atomic mass is 9.76. The second kappa shape index (κ2) is 2.19. The zero-order valence-corrected chi connectivity index (χ0v) is 6.62. The van der Waals surface area contributed by atoms with Gasteiger partial charge in [-0.2, -0.15) is 0 Å². The van der Waals surface area contributed by atoms with Gasteiger partial charge in [-0.15, -0.1) is 0 Å². The monoisotopic (exact) mass is 138 g/mol. The van der Waals surface area contributed by atoms with Crippen molar-refractivity contribution in [1.29, 1.82) is 10.8 Å². The first-order valence-corrected chi connectivity index (χ1v) is 3.66. The highest BCUT2D eigenvalue weighted by atomic mass is 14.6. The van der Waals surface area contributed by atoms with E-state index in [0.29, 0.717) is 11.4 Å². The highest BCUT2D eigenvalue weighted by Gasteiger charge is 2.26. The number of rotatable bonds is 0. The summed E-state index contributed by atoms with van der Waals surface area (Å²) < 4.78 is 0. The molecular weight excluding hydrogens is 124 g/mol. The summed E-state index contributed by atoms with van der Waals surface area (Å²) in [4.78, 5) is 0. The van der Waals surface area contributed by atoms with Crippen molar-refractivity contribution in [1.82, 2.24) is 0 Å². The van der Waals surface area contributed by atoms with E-state index in [9.17, 15) is 0 Å². The normalized spacial score (nSPS) is 25.0. The molecule has 0 aliphatic heterocycles. The molecule has 0 aromatic heterocycles. The summed E-state index contributed by atoms with van der Waals surface area (Å²) in [6.07, 6.45) is 2.64. The second-order valence-corrected chi connectivity index (χ2v) is 3.80. The SMILES string of the molecule is CC1(C)CCC(=N)C(=N)C1. The average Bonchev–Trinajstić information content (AvgIpc) is 1.79. The third-order valence-electron chi connectivity index (χ3n) is 2.07. The fourth-order valence-electron chi connectivity index (χ4n) is 1.29. The van der Waals surface area contributed by atoms with Gasteiger partial charge < -0.3 is 10.8 Å². The second-order valence-electron chi connectivity index (χ2n) is 3.80. The minimum absolute atomic E-state index is 0.266. The molecule has 1 rings (SSSR count). The van der Waals surface area contributed by atoms with Gasteiger partial charge in [0.25, 0.3) is 0 Å². The fraction of sp³-hybridized carbons (Fsp3) is 0.750. The standard InChI is InChI=1S/C8H14N2/c1-8(2)4-3-6(9)7(10)5-8/h9-10H,3-5H2,1-2H3. The molecule has 2 nitrogen and oxygen atoms in total. The van der Waals surface area contributed by atoms with E-state index in [2.05, 4.69) is 13.8 Å². The van der Waals surface area contributed by atoms with Crippen LogP contribution in [0.25, 0.3) is 0 Å². The van der Waals surface area contributed by atoms with Crippen LogP contribution in [0.15, 0.2) is 0 Å². The quantitative estimate of drug-likeness (QED) is 0.515. The Morgan fingerprint density at radius 1 is 1.20 bits per heavy atom. The molecular formula is C8H14N2. The van der Waals surface area contributed by atoms with E-state index in [0.717, 1.165) is 19.3 Å². The van der Waals surface area contributed by atoms with Gasteiger partial charge in [0.15, 0.2) is 0 Å². The van der Waals surface area contributed by atoms with Gasteiger partial charge in [-0.05, 0) is 24.7 Å². The van der Waals surface area contributed by atoms with Crippen LogP contribution in [0.1, 0.15) is 33.1 Å². The molecule has 0 aromatic rings. The maximum atomic E-state index is 7.43. The third kappa shape index (κ3) is 1.43. The van der Waals surface area contributed by atoms with E-state index in [1.54, 1.807) is 0 Å². The van der Waals surface area contributed by atoms with Crippen molar-refractivity contribution in [3.05, 3.63) is 0 Å². The van der Waals surface area contributed by atoms with Crippen LogP contribution in [0.5, 0.6) is 0 Å². The van der Waals surface area contributed by atoms with Crippen LogP contribution < -0.4 is 0 Å². The summed E-state index contributed by atoms with van der Waals surface area (Å²) in [6, 6.07) is 0. The van der Waals surface area contributed by atoms with E-state index < -0.39 is 0 Å². The molecule has 2 N–H and O–H groups in total. The molecule has 0 amide bonds. The largest absolute Gasteiger partial charge is 0.303 e. The van der Waals surface area contributed by atoms with Crippen LogP contribution in [-0.4, -0.2) is 11.4 Å². The van der Waals surface area contributed by atoms with Crippen molar-refractivity contribution in [2.45, 2.75) is 33.1 Å². The van der Waals surface area contributed by atoms with Crippen LogP contribution in [0.2, 0.25) is 0 Å². The van der Waals surface area contributed by atoms with Gasteiger partial charge in [-0.3, -0.25) is 0 Å². The molecule has 2 heteroatoms. The molecule has 1 fully saturated rings. The van der Waals surface area contributed by atoms with Gasteiger partial charge in [0.05, 0.1) is 11.4 Å². The van der Waals surface area contributed by atoms with Crippen molar-refractivity contribution < 1.29 is 0 Å². The average molecular weight is 138 g/mol. The summed E-state index contributed by atoms with van der Waals surface area (Å²) in [7, 11) is 0. The van der Waals surface area contributed by atoms with E-state index >= 15 is 0 Å². The maximum absolute atomic E-state index is 7.43. The first-order chi connectivity index (χ1) is 4.51. The van der Waals surface area contributed by atoms with Gasteiger partial charge in [-0.1, -0.05) is 13.8 Å². The van der Waals surface area contributed by atoms with Gasteiger partial charge in [-0.25, -0.2) is 0 Å². The van der Waals surface area contributed by atoms with Crippen molar-refractivity contribution in [2.75, 3.05) is 0 Å². The number of hydrogen-bond donors (Lipinski definition) is 2. The zero-order valence-electron chi connectivity index (χ0n) is 6.62. The first-order valence-electron chi connectivity index (χ1n) is 3.66. The lowest BCUT2D eigenvalue weighted by Crippen LogP contribution is -2.28. The van der Waals surface area contributed by atoms with Gasteiger partial charge in [0.1, 0.15) is 0 Å². The Morgan fingerprint density at radius 2 is 1.80 bits per heavy atom. The summed E-state index contributed by atoms with van der Waals surface area (Å²) in [5, 5.41) is 14.8. The Balaban J connectivity index is 2.66. The Bertz CT molecular complexity index is 180. The Hall–Kier alpha value is -0.660. The van der Waals surface area contributed by atoms with Crippen LogP contribution in [0, 0.1) is 16.2 Å². The summed E-state index contributed by atoms with van der Waals surface area (Å²) in [5.74, 6) is 0. The minimum Gasteiger partial charge on any atom is -0.303 e. The summed E-state index contributed by atoms with van der Waals surface area (Å²) >= 11 is 0. The smallest absolute Gasteiger partial charge is 0.0526 e. The van der Waals surface area contributed by atoms with Crippen molar-refractivity contribution >= 4 is 11.4 Å². The zero-order chi connectivity index (χ0) is 7.78. The van der Waals surface area contributed by atoms with Crippen molar-refractivity contribution in [3.8, 4) is 0 Å². The lowest BCUT2D eigenvalue weighted by molar-refractivity contribution is 0.349. The van der Waals surface area contributed by atoms with E-state index in [-0.39, 0.29) is 5.41 Å². The van der Waals surface area contributed by atoms with Gasteiger partial charge >= 0.3 is 0 Å². The van der Waals surface area contributed by atoms with Crippen LogP contribution in [-0.2, 0) is 0 Å². The molecule has 0 unspecified atom stereocenters. The molecule has 56 valence electrons. The molecule has 0 radical (unpaired) electrons. The Kier molecular flexibility index (Phi) is 1.63. The van der Waals surface area contributed by atoms with E-state index in [4.69, 9.17) is 10.8 Å². The molecule has 0 bridgehead atoms. The van der Waals surface area contributed by atoms with Crippen LogP contribution in [0.4, 0.5) is 0 Å².